The first-order chi connectivity index (χ1) is 12.7. The molecule has 3 rings (SSSR count). The summed E-state index contributed by atoms with van der Waals surface area (Å²) in [5, 5.41) is 2.50. The molecule has 1 aromatic carbocycles. The summed E-state index contributed by atoms with van der Waals surface area (Å²) in [5.74, 6) is 0.570. The molecule has 1 fully saturated rings. The fourth-order valence-corrected chi connectivity index (χ4v) is 3.95. The Morgan fingerprint density at radius 2 is 2.00 bits per heavy atom. The number of ether oxygens (including phenoxy) is 1. The Morgan fingerprint density at radius 3 is 2.59 bits per heavy atom. The van der Waals surface area contributed by atoms with Gasteiger partial charge in [0.1, 0.15) is 17.7 Å². The fourth-order valence-electron chi connectivity index (χ4n) is 2.74. The minimum atomic E-state index is -4.45. The second-order valence-corrected chi connectivity index (χ2v) is 7.87. The SMILES string of the molecule is CN(C)c1ccc([C@@H]2[NH2+]C[C@H](CSc3ncc(C(F)(F)F)cc3Cl)O2)cc1. The predicted molar refractivity (Wildman–Crippen MR) is 100 cm³/mol. The minimum Gasteiger partial charge on any atom is -0.378 e. The Bertz CT molecular complexity index is 786. The zero-order valence-corrected chi connectivity index (χ0v) is 16.4. The van der Waals surface area contributed by atoms with Crippen molar-refractivity contribution >= 4 is 29.1 Å². The molecule has 0 bridgehead atoms. The molecule has 146 valence electrons. The molecular weight excluding hydrogens is 399 g/mol. The molecule has 9 heteroatoms. The van der Waals surface area contributed by atoms with Gasteiger partial charge in [0.15, 0.2) is 0 Å². The quantitative estimate of drug-likeness (QED) is 0.754. The maximum atomic E-state index is 12.7. The molecule has 4 nitrogen and oxygen atoms in total. The van der Waals surface area contributed by atoms with Crippen LogP contribution in [0.1, 0.15) is 17.4 Å². The fraction of sp³-hybridized carbons (Fsp3) is 0.389. The molecule has 0 radical (unpaired) electrons. The van der Waals surface area contributed by atoms with Crippen LogP contribution < -0.4 is 10.2 Å². The van der Waals surface area contributed by atoms with Crippen LogP contribution in [0.15, 0.2) is 41.6 Å². The minimum absolute atomic E-state index is 0.00706. The van der Waals surface area contributed by atoms with Gasteiger partial charge in [-0.2, -0.15) is 13.2 Å². The van der Waals surface area contributed by atoms with Crippen molar-refractivity contribution in [3.8, 4) is 0 Å². The van der Waals surface area contributed by atoms with Crippen molar-refractivity contribution in [1.29, 1.82) is 0 Å². The van der Waals surface area contributed by atoms with Crippen LogP contribution in [0, 0.1) is 0 Å². The second kappa shape index (κ2) is 8.26. The number of benzene rings is 1. The van der Waals surface area contributed by atoms with E-state index in [9.17, 15) is 13.2 Å². The molecule has 1 aromatic heterocycles. The van der Waals surface area contributed by atoms with Gasteiger partial charge in [-0.1, -0.05) is 11.6 Å². The zero-order valence-electron chi connectivity index (χ0n) is 14.8. The Hall–Kier alpha value is -1.48. The number of pyridine rings is 1. The lowest BCUT2D eigenvalue weighted by molar-refractivity contribution is -0.697. The number of thioether (sulfide) groups is 1. The number of anilines is 1. The number of rotatable bonds is 5. The summed E-state index contributed by atoms with van der Waals surface area (Å²) >= 11 is 7.26. The summed E-state index contributed by atoms with van der Waals surface area (Å²) in [6.45, 7) is 0.769. The third-order valence-corrected chi connectivity index (χ3v) is 5.77. The Labute approximate surface area is 165 Å². The highest BCUT2D eigenvalue weighted by Gasteiger charge is 2.32. The van der Waals surface area contributed by atoms with Crippen LogP contribution >= 0.6 is 23.4 Å². The van der Waals surface area contributed by atoms with Crippen LogP contribution in [-0.2, 0) is 10.9 Å². The number of nitrogens with zero attached hydrogens (tertiary/aromatic N) is 2. The van der Waals surface area contributed by atoms with E-state index in [0.717, 1.165) is 30.1 Å². The van der Waals surface area contributed by atoms with E-state index in [1.165, 1.54) is 11.8 Å². The van der Waals surface area contributed by atoms with Crippen molar-refractivity contribution in [2.45, 2.75) is 23.5 Å². The molecule has 0 spiro atoms. The summed E-state index contributed by atoms with van der Waals surface area (Å²) in [6.07, 6.45) is -3.75. The van der Waals surface area contributed by atoms with Gasteiger partial charge in [-0.15, -0.1) is 11.8 Å². The predicted octanol–water partition coefficient (Wildman–Crippen LogP) is 3.57. The van der Waals surface area contributed by atoms with E-state index in [1.54, 1.807) is 0 Å². The standard InChI is InChI=1S/C18H19ClF3N3OS/c1-25(2)13-5-3-11(4-6-13)16-23-9-14(26-16)10-27-17-15(19)7-12(8-24-17)18(20,21)22/h3-8,14,16,23H,9-10H2,1-2H3/p+1/t14-,16-/m1/s1. The van der Waals surface area contributed by atoms with Gasteiger partial charge in [-0.25, -0.2) is 4.98 Å². The molecule has 0 amide bonds. The van der Waals surface area contributed by atoms with E-state index >= 15 is 0 Å². The maximum absolute atomic E-state index is 12.7. The van der Waals surface area contributed by atoms with Crippen LogP contribution in [0.3, 0.4) is 0 Å². The number of alkyl halides is 3. The monoisotopic (exact) mass is 418 g/mol. The van der Waals surface area contributed by atoms with Gasteiger partial charge in [0, 0.05) is 37.3 Å². The van der Waals surface area contributed by atoms with Gasteiger partial charge in [0.25, 0.3) is 0 Å². The number of hydrogen-bond donors (Lipinski definition) is 1. The first-order valence-electron chi connectivity index (χ1n) is 8.35. The molecule has 27 heavy (non-hydrogen) atoms. The number of halogens is 4. The van der Waals surface area contributed by atoms with E-state index in [4.69, 9.17) is 16.3 Å². The third kappa shape index (κ3) is 5.07. The smallest absolute Gasteiger partial charge is 0.378 e. The first-order valence-corrected chi connectivity index (χ1v) is 9.72. The Kier molecular flexibility index (Phi) is 6.20. The van der Waals surface area contributed by atoms with E-state index in [-0.39, 0.29) is 17.4 Å². The number of aromatic nitrogens is 1. The molecular formula is C18H20ClF3N3OS+. The van der Waals surface area contributed by atoms with E-state index in [2.05, 4.69) is 10.3 Å². The van der Waals surface area contributed by atoms with Crippen molar-refractivity contribution in [2.24, 2.45) is 0 Å². The molecule has 2 aromatic rings. The van der Waals surface area contributed by atoms with Crippen LogP contribution in [-0.4, -0.2) is 37.5 Å². The topological polar surface area (TPSA) is 42.0 Å². The molecule has 1 saturated heterocycles. The van der Waals surface area contributed by atoms with Gasteiger partial charge in [0.05, 0.1) is 10.6 Å². The van der Waals surface area contributed by atoms with Gasteiger partial charge in [-0.05, 0) is 30.3 Å². The van der Waals surface area contributed by atoms with Crippen molar-refractivity contribution in [1.82, 2.24) is 4.98 Å². The van der Waals surface area contributed by atoms with Crippen molar-refractivity contribution < 1.29 is 23.2 Å². The van der Waals surface area contributed by atoms with E-state index in [1.807, 2.05) is 43.3 Å². The van der Waals surface area contributed by atoms with Crippen molar-refractivity contribution in [3.05, 3.63) is 52.7 Å². The molecule has 2 atom stereocenters. The molecule has 0 unspecified atom stereocenters. The lowest BCUT2D eigenvalue weighted by Crippen LogP contribution is -2.82. The first kappa shape index (κ1) is 20.3. The van der Waals surface area contributed by atoms with Crippen LogP contribution in [0.4, 0.5) is 18.9 Å². The third-order valence-electron chi connectivity index (χ3n) is 4.23. The Balaban J connectivity index is 1.56. The Morgan fingerprint density at radius 1 is 1.30 bits per heavy atom. The van der Waals surface area contributed by atoms with E-state index < -0.39 is 11.7 Å². The average Bonchev–Trinajstić information content (AvgIpc) is 3.09. The van der Waals surface area contributed by atoms with Crippen molar-refractivity contribution in [3.63, 3.8) is 0 Å². The molecule has 2 heterocycles. The summed E-state index contributed by atoms with van der Waals surface area (Å²) in [6, 6.07) is 9.08. The number of hydrogen-bond acceptors (Lipinski definition) is 4. The highest BCUT2D eigenvalue weighted by molar-refractivity contribution is 7.99. The number of quaternary nitrogens is 1. The molecule has 2 N–H and O–H groups in total. The summed E-state index contributed by atoms with van der Waals surface area (Å²) in [5.41, 5.74) is 1.36. The van der Waals surface area contributed by atoms with Crippen molar-refractivity contribution in [2.75, 3.05) is 31.3 Å². The number of nitrogens with two attached hydrogens (primary N) is 1. The molecule has 0 aliphatic carbocycles. The molecule has 1 aliphatic heterocycles. The molecule has 1 aliphatic rings. The van der Waals surface area contributed by atoms with Gasteiger partial charge in [0.2, 0.25) is 6.23 Å². The lowest BCUT2D eigenvalue weighted by Gasteiger charge is -2.14. The van der Waals surface area contributed by atoms with Crippen LogP contribution in [0.5, 0.6) is 0 Å². The van der Waals surface area contributed by atoms with E-state index in [0.29, 0.717) is 10.8 Å². The van der Waals surface area contributed by atoms with Gasteiger partial charge >= 0.3 is 6.18 Å². The molecule has 0 saturated carbocycles. The largest absolute Gasteiger partial charge is 0.417 e. The van der Waals surface area contributed by atoms with Gasteiger partial charge in [-0.3, -0.25) is 0 Å². The zero-order chi connectivity index (χ0) is 19.6. The highest BCUT2D eigenvalue weighted by Crippen LogP contribution is 2.34. The summed E-state index contributed by atoms with van der Waals surface area (Å²) in [4.78, 5) is 5.88. The average molecular weight is 419 g/mol. The van der Waals surface area contributed by atoms with Crippen LogP contribution in [0.2, 0.25) is 5.02 Å². The normalized spacial score (nSPS) is 20.1. The van der Waals surface area contributed by atoms with Gasteiger partial charge < -0.3 is 15.0 Å². The second-order valence-electron chi connectivity index (χ2n) is 6.46. The lowest BCUT2D eigenvalue weighted by atomic mass is 10.2. The summed E-state index contributed by atoms with van der Waals surface area (Å²) < 4.78 is 44.1. The maximum Gasteiger partial charge on any atom is 0.417 e. The highest BCUT2D eigenvalue weighted by atomic mass is 35.5. The summed E-state index contributed by atoms with van der Waals surface area (Å²) in [7, 11) is 3.97. The van der Waals surface area contributed by atoms with Crippen LogP contribution in [0.25, 0.3) is 0 Å².